The van der Waals surface area contributed by atoms with Crippen molar-refractivity contribution in [1.29, 1.82) is 0 Å². The minimum absolute atomic E-state index is 0.869. The second-order valence-corrected chi connectivity index (χ2v) is 3.50. The van der Waals surface area contributed by atoms with E-state index in [2.05, 4.69) is 29.4 Å². The number of methoxy groups -OCH3 is 1. The first-order valence-corrected chi connectivity index (χ1v) is 5.20. The van der Waals surface area contributed by atoms with E-state index in [1.807, 2.05) is 12.1 Å². The molecule has 2 rings (SSSR count). The van der Waals surface area contributed by atoms with Gasteiger partial charge in [-0.15, -0.1) is 0 Å². The summed E-state index contributed by atoms with van der Waals surface area (Å²) in [6.07, 6.45) is 0. The van der Waals surface area contributed by atoms with Gasteiger partial charge in [0.1, 0.15) is 5.75 Å². The molecule has 1 aromatic carbocycles. The molecule has 0 radical (unpaired) electrons. The van der Waals surface area contributed by atoms with Gasteiger partial charge in [-0.2, -0.15) is 0 Å². The zero-order valence-electron chi connectivity index (χ0n) is 9.13. The summed E-state index contributed by atoms with van der Waals surface area (Å²) < 4.78 is 5.29. The Labute approximate surface area is 89.4 Å². The minimum atomic E-state index is 0.869. The fraction of sp³-hybridized carbons (Fsp3) is 0.333. The van der Waals surface area contributed by atoms with Crippen LogP contribution >= 0.6 is 0 Å². The molecule has 0 atom stereocenters. The van der Waals surface area contributed by atoms with E-state index in [1.54, 1.807) is 7.11 Å². The largest absolute Gasteiger partial charge is 0.495 e. The number of rotatable bonds is 4. The lowest BCUT2D eigenvalue weighted by Gasteiger charge is -2.00. The Morgan fingerprint density at radius 3 is 3.00 bits per heavy atom. The van der Waals surface area contributed by atoms with Gasteiger partial charge < -0.3 is 15.0 Å². The molecular formula is C12H16N2O. The second-order valence-electron chi connectivity index (χ2n) is 3.50. The first-order chi connectivity index (χ1) is 7.35. The van der Waals surface area contributed by atoms with Gasteiger partial charge in [0.15, 0.2) is 0 Å². The molecule has 0 bridgehead atoms. The van der Waals surface area contributed by atoms with Crippen LogP contribution in [0.4, 0.5) is 0 Å². The van der Waals surface area contributed by atoms with Crippen molar-refractivity contribution in [3.05, 3.63) is 30.0 Å². The molecule has 0 aliphatic rings. The summed E-state index contributed by atoms with van der Waals surface area (Å²) in [4.78, 5) is 3.36. The number of benzene rings is 1. The highest BCUT2D eigenvalue weighted by molar-refractivity contribution is 5.86. The Balaban J connectivity index is 2.37. The van der Waals surface area contributed by atoms with Crippen LogP contribution in [0.25, 0.3) is 10.9 Å². The quantitative estimate of drug-likeness (QED) is 0.801. The van der Waals surface area contributed by atoms with Crippen LogP contribution < -0.4 is 10.1 Å². The number of hydrogen-bond donors (Lipinski definition) is 2. The number of aromatic amines is 1. The average molecular weight is 204 g/mol. The molecule has 0 aliphatic carbocycles. The zero-order valence-corrected chi connectivity index (χ0v) is 9.13. The molecule has 0 aliphatic heterocycles. The van der Waals surface area contributed by atoms with Crippen LogP contribution in [-0.2, 0) is 6.54 Å². The Kier molecular flexibility index (Phi) is 2.92. The summed E-state index contributed by atoms with van der Waals surface area (Å²) in [6.45, 7) is 3.95. The Morgan fingerprint density at radius 1 is 1.40 bits per heavy atom. The maximum atomic E-state index is 5.29. The van der Waals surface area contributed by atoms with Gasteiger partial charge in [0, 0.05) is 17.6 Å². The highest BCUT2D eigenvalue weighted by Crippen LogP contribution is 2.25. The molecule has 2 aromatic rings. The van der Waals surface area contributed by atoms with Gasteiger partial charge in [-0.3, -0.25) is 0 Å². The summed E-state index contributed by atoms with van der Waals surface area (Å²) >= 11 is 0. The maximum absolute atomic E-state index is 5.29. The van der Waals surface area contributed by atoms with Crippen LogP contribution in [0.1, 0.15) is 12.6 Å². The van der Waals surface area contributed by atoms with Crippen molar-refractivity contribution in [2.45, 2.75) is 13.5 Å². The van der Waals surface area contributed by atoms with E-state index < -0.39 is 0 Å². The molecule has 0 saturated carbocycles. The highest BCUT2D eigenvalue weighted by atomic mass is 16.5. The van der Waals surface area contributed by atoms with Crippen molar-refractivity contribution >= 4 is 10.9 Å². The van der Waals surface area contributed by atoms with Gasteiger partial charge in [0.25, 0.3) is 0 Å². The molecule has 80 valence electrons. The summed E-state index contributed by atoms with van der Waals surface area (Å²) in [6, 6.07) is 8.21. The van der Waals surface area contributed by atoms with E-state index in [1.165, 1.54) is 11.1 Å². The molecule has 0 saturated heterocycles. The maximum Gasteiger partial charge on any atom is 0.142 e. The van der Waals surface area contributed by atoms with E-state index in [0.717, 1.165) is 24.4 Å². The molecule has 15 heavy (non-hydrogen) atoms. The lowest BCUT2D eigenvalue weighted by molar-refractivity contribution is 0.419. The van der Waals surface area contributed by atoms with E-state index in [4.69, 9.17) is 4.74 Å². The van der Waals surface area contributed by atoms with E-state index in [-0.39, 0.29) is 0 Å². The number of aromatic nitrogens is 1. The molecule has 0 spiro atoms. The van der Waals surface area contributed by atoms with Crippen LogP contribution in [0, 0.1) is 0 Å². The monoisotopic (exact) mass is 204 g/mol. The van der Waals surface area contributed by atoms with Crippen LogP contribution in [0.2, 0.25) is 0 Å². The van der Waals surface area contributed by atoms with Crippen molar-refractivity contribution in [1.82, 2.24) is 10.3 Å². The van der Waals surface area contributed by atoms with Crippen molar-refractivity contribution in [3.63, 3.8) is 0 Å². The second kappa shape index (κ2) is 4.36. The lowest BCUT2D eigenvalue weighted by Crippen LogP contribution is -2.11. The first kappa shape index (κ1) is 10.1. The molecule has 2 N–H and O–H groups in total. The summed E-state index contributed by atoms with van der Waals surface area (Å²) in [5.41, 5.74) is 2.27. The standard InChI is InChI=1S/C12H16N2O/c1-3-13-8-10-7-9-5-4-6-11(15-2)12(9)14-10/h4-7,13-14H,3,8H2,1-2H3. The number of hydrogen-bond acceptors (Lipinski definition) is 2. The Bertz CT molecular complexity index is 448. The third-order valence-corrected chi connectivity index (χ3v) is 2.46. The topological polar surface area (TPSA) is 37.0 Å². The zero-order chi connectivity index (χ0) is 10.7. The lowest BCUT2D eigenvalue weighted by atomic mass is 10.2. The SMILES string of the molecule is CCNCc1cc2cccc(OC)c2[nH]1. The van der Waals surface area contributed by atoms with Gasteiger partial charge >= 0.3 is 0 Å². The number of nitrogens with one attached hydrogen (secondary N) is 2. The van der Waals surface area contributed by atoms with Crippen molar-refractivity contribution in [3.8, 4) is 5.75 Å². The van der Waals surface area contributed by atoms with Gasteiger partial charge in [-0.05, 0) is 18.7 Å². The minimum Gasteiger partial charge on any atom is -0.495 e. The van der Waals surface area contributed by atoms with E-state index >= 15 is 0 Å². The first-order valence-electron chi connectivity index (χ1n) is 5.20. The smallest absolute Gasteiger partial charge is 0.142 e. The number of H-pyrrole nitrogens is 1. The molecule has 0 amide bonds. The predicted molar refractivity (Wildman–Crippen MR) is 62.2 cm³/mol. The van der Waals surface area contributed by atoms with Crippen molar-refractivity contribution in [2.75, 3.05) is 13.7 Å². The summed E-state index contributed by atoms with van der Waals surface area (Å²) in [7, 11) is 1.69. The van der Waals surface area contributed by atoms with Gasteiger partial charge in [-0.1, -0.05) is 19.1 Å². The molecule has 3 nitrogen and oxygen atoms in total. The Morgan fingerprint density at radius 2 is 2.27 bits per heavy atom. The van der Waals surface area contributed by atoms with Gasteiger partial charge in [0.2, 0.25) is 0 Å². The molecule has 1 heterocycles. The Hall–Kier alpha value is -1.48. The van der Waals surface area contributed by atoms with Gasteiger partial charge in [0.05, 0.1) is 12.6 Å². The fourth-order valence-corrected chi connectivity index (χ4v) is 1.71. The molecule has 0 fully saturated rings. The fourth-order valence-electron chi connectivity index (χ4n) is 1.71. The van der Waals surface area contributed by atoms with E-state index in [0.29, 0.717) is 0 Å². The van der Waals surface area contributed by atoms with Crippen molar-refractivity contribution in [2.24, 2.45) is 0 Å². The van der Waals surface area contributed by atoms with Crippen LogP contribution in [0.15, 0.2) is 24.3 Å². The molecule has 3 heteroatoms. The molecule has 1 aromatic heterocycles. The third kappa shape index (κ3) is 1.97. The van der Waals surface area contributed by atoms with Crippen LogP contribution in [0.3, 0.4) is 0 Å². The third-order valence-electron chi connectivity index (χ3n) is 2.46. The van der Waals surface area contributed by atoms with Crippen LogP contribution in [-0.4, -0.2) is 18.6 Å². The highest BCUT2D eigenvalue weighted by Gasteiger charge is 2.04. The summed E-state index contributed by atoms with van der Waals surface area (Å²) in [5, 5.41) is 4.49. The molecule has 0 unspecified atom stereocenters. The van der Waals surface area contributed by atoms with Crippen LogP contribution in [0.5, 0.6) is 5.75 Å². The molecular weight excluding hydrogens is 188 g/mol. The average Bonchev–Trinajstić information content (AvgIpc) is 2.68. The number of fused-ring (bicyclic) bond motifs is 1. The summed E-state index contributed by atoms with van der Waals surface area (Å²) in [5.74, 6) is 0.898. The predicted octanol–water partition coefficient (Wildman–Crippen LogP) is 2.29. The van der Waals surface area contributed by atoms with E-state index in [9.17, 15) is 0 Å². The van der Waals surface area contributed by atoms with Crippen molar-refractivity contribution < 1.29 is 4.74 Å². The number of ether oxygens (including phenoxy) is 1. The number of para-hydroxylation sites is 1. The van der Waals surface area contributed by atoms with Gasteiger partial charge in [-0.25, -0.2) is 0 Å². The normalized spacial score (nSPS) is 10.8.